The van der Waals surface area contributed by atoms with Crippen molar-refractivity contribution in [3.8, 4) is 0 Å². The van der Waals surface area contributed by atoms with Gasteiger partial charge in [0.1, 0.15) is 0 Å². The highest BCUT2D eigenvalue weighted by Crippen LogP contribution is 2.17. The molecule has 19 heavy (non-hydrogen) atoms. The molecule has 0 aromatic heterocycles. The third-order valence-corrected chi connectivity index (χ3v) is 5.52. The molecule has 0 N–H and O–H groups in total. The van der Waals surface area contributed by atoms with Crippen LogP contribution in [-0.4, -0.2) is 62.4 Å². The molecule has 4 nitrogen and oxygen atoms in total. The molecule has 0 unspecified atom stereocenters. The molecule has 0 amide bonds. The minimum atomic E-state index is -3.01. The summed E-state index contributed by atoms with van der Waals surface area (Å²) in [5.41, 5.74) is 0. The SMILES string of the molecule is CS(=O)(=O)N1CCN(CCSc2ccccc2)CC1. The summed E-state index contributed by atoms with van der Waals surface area (Å²) in [6.07, 6.45) is 1.29. The van der Waals surface area contributed by atoms with Gasteiger partial charge < -0.3 is 0 Å². The summed E-state index contributed by atoms with van der Waals surface area (Å²) in [4.78, 5) is 3.62. The van der Waals surface area contributed by atoms with Gasteiger partial charge in [-0.3, -0.25) is 4.90 Å². The van der Waals surface area contributed by atoms with Gasteiger partial charge in [-0.15, -0.1) is 11.8 Å². The summed E-state index contributed by atoms with van der Waals surface area (Å²) < 4.78 is 24.4. The number of thioether (sulfide) groups is 1. The minimum Gasteiger partial charge on any atom is -0.300 e. The lowest BCUT2D eigenvalue weighted by atomic mass is 10.4. The Kier molecular flexibility index (Phi) is 5.27. The lowest BCUT2D eigenvalue weighted by Gasteiger charge is -2.33. The predicted octanol–water partition coefficient (Wildman–Crippen LogP) is 1.36. The number of nitrogens with zero attached hydrogens (tertiary/aromatic N) is 2. The molecule has 0 spiro atoms. The summed E-state index contributed by atoms with van der Waals surface area (Å²) in [6, 6.07) is 10.4. The Balaban J connectivity index is 1.69. The fraction of sp³-hybridized carbons (Fsp3) is 0.538. The van der Waals surface area contributed by atoms with Crippen LogP contribution in [0.1, 0.15) is 0 Å². The topological polar surface area (TPSA) is 40.6 Å². The minimum absolute atomic E-state index is 0.620. The first-order chi connectivity index (χ1) is 9.05. The number of hydrogen-bond acceptors (Lipinski definition) is 4. The van der Waals surface area contributed by atoms with Crippen LogP contribution in [-0.2, 0) is 10.0 Å². The van der Waals surface area contributed by atoms with Crippen LogP contribution in [0, 0.1) is 0 Å². The zero-order chi connectivity index (χ0) is 13.7. The van der Waals surface area contributed by atoms with E-state index in [-0.39, 0.29) is 0 Å². The third kappa shape index (κ3) is 4.80. The van der Waals surface area contributed by atoms with E-state index in [0.717, 1.165) is 25.4 Å². The molecule has 1 aliphatic heterocycles. The fourth-order valence-corrected chi connectivity index (χ4v) is 3.86. The summed E-state index contributed by atoms with van der Waals surface area (Å²) in [5.74, 6) is 1.04. The molecule has 6 heteroatoms. The van der Waals surface area contributed by atoms with Crippen LogP contribution in [0.3, 0.4) is 0 Å². The normalized spacial score (nSPS) is 18.6. The molecule has 2 rings (SSSR count). The van der Waals surface area contributed by atoms with Crippen LogP contribution in [0.15, 0.2) is 35.2 Å². The molecule has 106 valence electrons. The molecule has 1 heterocycles. The quantitative estimate of drug-likeness (QED) is 0.770. The maximum Gasteiger partial charge on any atom is 0.211 e. The molecule has 0 atom stereocenters. The second kappa shape index (κ2) is 6.74. The predicted molar refractivity (Wildman–Crippen MR) is 80.0 cm³/mol. The first kappa shape index (κ1) is 14.8. The maximum absolute atomic E-state index is 11.4. The van der Waals surface area contributed by atoms with Crippen LogP contribution >= 0.6 is 11.8 Å². The van der Waals surface area contributed by atoms with Gasteiger partial charge in [0.15, 0.2) is 0 Å². The van der Waals surface area contributed by atoms with E-state index in [0.29, 0.717) is 13.1 Å². The van der Waals surface area contributed by atoms with Crippen LogP contribution in [0.25, 0.3) is 0 Å². The van der Waals surface area contributed by atoms with Crippen molar-refractivity contribution in [2.45, 2.75) is 4.90 Å². The van der Waals surface area contributed by atoms with E-state index in [9.17, 15) is 8.42 Å². The zero-order valence-corrected chi connectivity index (χ0v) is 12.8. The van der Waals surface area contributed by atoms with Crippen molar-refractivity contribution in [2.75, 3.05) is 44.7 Å². The standard InChI is InChI=1S/C13H20N2O2S2/c1-19(16,17)15-9-7-14(8-10-15)11-12-18-13-5-3-2-4-6-13/h2-6H,7-12H2,1H3. The highest BCUT2D eigenvalue weighted by atomic mass is 32.2. The monoisotopic (exact) mass is 300 g/mol. The molecule has 1 aliphatic rings. The van der Waals surface area contributed by atoms with E-state index in [4.69, 9.17) is 0 Å². The summed E-state index contributed by atoms with van der Waals surface area (Å²) in [7, 11) is -3.01. The van der Waals surface area contributed by atoms with E-state index >= 15 is 0 Å². The highest BCUT2D eigenvalue weighted by Gasteiger charge is 2.22. The van der Waals surface area contributed by atoms with Gasteiger partial charge >= 0.3 is 0 Å². The van der Waals surface area contributed by atoms with Gasteiger partial charge in [0, 0.05) is 43.4 Å². The highest BCUT2D eigenvalue weighted by molar-refractivity contribution is 7.99. The lowest BCUT2D eigenvalue weighted by Crippen LogP contribution is -2.48. The fourth-order valence-electron chi connectivity index (χ4n) is 2.09. The Morgan fingerprint density at radius 2 is 1.74 bits per heavy atom. The number of piperazine rings is 1. The average Bonchev–Trinajstić information content (AvgIpc) is 2.39. The van der Waals surface area contributed by atoms with Gasteiger partial charge in [0.05, 0.1) is 6.26 Å². The number of benzene rings is 1. The van der Waals surface area contributed by atoms with Crippen molar-refractivity contribution in [2.24, 2.45) is 0 Å². The Hall–Kier alpha value is -0.560. The second-order valence-electron chi connectivity index (χ2n) is 4.67. The Labute approximate surface area is 119 Å². The summed E-state index contributed by atoms with van der Waals surface area (Å²) >= 11 is 1.85. The van der Waals surface area contributed by atoms with Crippen molar-refractivity contribution in [3.05, 3.63) is 30.3 Å². The molecule has 0 aliphatic carbocycles. The molecule has 1 aromatic rings. The Morgan fingerprint density at radius 3 is 2.32 bits per heavy atom. The van der Waals surface area contributed by atoms with Crippen molar-refractivity contribution in [3.63, 3.8) is 0 Å². The van der Waals surface area contributed by atoms with Crippen LogP contribution in [0.2, 0.25) is 0 Å². The molecule has 1 fully saturated rings. The van der Waals surface area contributed by atoms with Gasteiger partial charge in [-0.05, 0) is 12.1 Å². The second-order valence-corrected chi connectivity index (χ2v) is 7.82. The van der Waals surface area contributed by atoms with Crippen molar-refractivity contribution in [1.82, 2.24) is 9.21 Å². The first-order valence-electron chi connectivity index (χ1n) is 6.41. The molecular formula is C13H20N2O2S2. The zero-order valence-electron chi connectivity index (χ0n) is 11.2. The third-order valence-electron chi connectivity index (χ3n) is 3.22. The number of rotatable bonds is 5. The van der Waals surface area contributed by atoms with E-state index in [1.54, 1.807) is 4.31 Å². The maximum atomic E-state index is 11.4. The van der Waals surface area contributed by atoms with Gasteiger partial charge in [0.2, 0.25) is 10.0 Å². The molecular weight excluding hydrogens is 280 g/mol. The van der Waals surface area contributed by atoms with Crippen molar-refractivity contribution < 1.29 is 8.42 Å². The van der Waals surface area contributed by atoms with Crippen LogP contribution in [0.5, 0.6) is 0 Å². The van der Waals surface area contributed by atoms with E-state index < -0.39 is 10.0 Å². The first-order valence-corrected chi connectivity index (χ1v) is 9.24. The summed E-state index contributed by atoms with van der Waals surface area (Å²) in [6.45, 7) is 3.92. The Bertz CT molecular complexity index is 483. The van der Waals surface area contributed by atoms with Gasteiger partial charge in [-0.1, -0.05) is 18.2 Å². The summed E-state index contributed by atoms with van der Waals surface area (Å²) in [5, 5.41) is 0. The molecule has 1 aromatic carbocycles. The van der Waals surface area contributed by atoms with Gasteiger partial charge in [-0.25, -0.2) is 8.42 Å². The van der Waals surface area contributed by atoms with E-state index in [1.807, 2.05) is 30.0 Å². The molecule has 0 saturated carbocycles. The van der Waals surface area contributed by atoms with Gasteiger partial charge in [0.25, 0.3) is 0 Å². The largest absolute Gasteiger partial charge is 0.300 e. The molecule has 0 radical (unpaired) electrons. The number of hydrogen-bond donors (Lipinski definition) is 0. The van der Waals surface area contributed by atoms with Crippen LogP contribution < -0.4 is 0 Å². The van der Waals surface area contributed by atoms with Crippen LogP contribution in [0.4, 0.5) is 0 Å². The van der Waals surface area contributed by atoms with Crippen molar-refractivity contribution >= 4 is 21.8 Å². The average molecular weight is 300 g/mol. The van der Waals surface area contributed by atoms with Crippen molar-refractivity contribution in [1.29, 1.82) is 0 Å². The van der Waals surface area contributed by atoms with E-state index in [2.05, 4.69) is 17.0 Å². The number of sulfonamides is 1. The lowest BCUT2D eigenvalue weighted by molar-refractivity contribution is 0.198. The smallest absolute Gasteiger partial charge is 0.211 e. The molecule has 1 saturated heterocycles. The Morgan fingerprint density at radius 1 is 1.11 bits per heavy atom. The van der Waals surface area contributed by atoms with Gasteiger partial charge in [-0.2, -0.15) is 4.31 Å². The molecule has 0 bridgehead atoms. The van der Waals surface area contributed by atoms with E-state index in [1.165, 1.54) is 11.2 Å².